The Hall–Kier alpha value is -4.27. The second kappa shape index (κ2) is 10.2. The molecule has 8 nitrogen and oxygen atoms in total. The zero-order valence-electron chi connectivity index (χ0n) is 17.1. The van der Waals surface area contributed by atoms with E-state index in [0.29, 0.717) is 16.8 Å². The van der Waals surface area contributed by atoms with Gasteiger partial charge in [0.15, 0.2) is 5.75 Å². The van der Waals surface area contributed by atoms with Crippen LogP contribution in [-0.4, -0.2) is 23.3 Å². The van der Waals surface area contributed by atoms with Crippen molar-refractivity contribution < 1.29 is 23.6 Å². The van der Waals surface area contributed by atoms with Gasteiger partial charge >= 0.3 is 5.69 Å². The van der Waals surface area contributed by atoms with E-state index in [1.165, 1.54) is 42.5 Å². The fourth-order valence-corrected chi connectivity index (χ4v) is 2.93. The number of halogens is 1. The first-order valence-electron chi connectivity index (χ1n) is 9.72. The Morgan fingerprint density at radius 3 is 2.41 bits per heavy atom. The van der Waals surface area contributed by atoms with Crippen LogP contribution in [0.5, 0.6) is 5.75 Å². The number of nitro groups is 1. The predicted molar refractivity (Wildman–Crippen MR) is 116 cm³/mol. The third kappa shape index (κ3) is 5.66. The molecular formula is C23H20FN3O5. The summed E-state index contributed by atoms with van der Waals surface area (Å²) >= 11 is 0. The molecule has 2 N–H and O–H groups in total. The number of hydrogen-bond acceptors (Lipinski definition) is 5. The molecule has 3 rings (SSSR count). The number of benzene rings is 3. The highest BCUT2D eigenvalue weighted by Crippen LogP contribution is 2.28. The van der Waals surface area contributed by atoms with E-state index in [-0.39, 0.29) is 30.2 Å². The number of anilines is 1. The number of nitrogens with zero attached hydrogens (tertiary/aromatic N) is 1. The number of rotatable bonds is 8. The molecule has 0 bridgehead atoms. The highest BCUT2D eigenvalue weighted by Gasteiger charge is 2.18. The summed E-state index contributed by atoms with van der Waals surface area (Å²) in [4.78, 5) is 35.4. The molecule has 0 unspecified atom stereocenters. The van der Waals surface area contributed by atoms with Crippen molar-refractivity contribution in [2.75, 3.05) is 11.9 Å². The van der Waals surface area contributed by atoms with Crippen LogP contribution in [0.1, 0.15) is 33.2 Å². The SMILES string of the molecule is CCOc1ccc(C(=O)NCc2cccc(NC(=O)c3ccc(F)cc3)c2)cc1[N+](=O)[O-]. The van der Waals surface area contributed by atoms with E-state index >= 15 is 0 Å². The first-order valence-corrected chi connectivity index (χ1v) is 9.72. The maximum atomic E-state index is 13.0. The molecule has 0 spiro atoms. The lowest BCUT2D eigenvalue weighted by atomic mass is 10.1. The molecule has 0 saturated heterocycles. The third-order valence-corrected chi connectivity index (χ3v) is 4.46. The fraction of sp³-hybridized carbons (Fsp3) is 0.130. The van der Waals surface area contributed by atoms with Crippen molar-refractivity contribution in [1.29, 1.82) is 0 Å². The summed E-state index contributed by atoms with van der Waals surface area (Å²) in [7, 11) is 0. The number of carbonyl (C=O) groups excluding carboxylic acids is 2. The van der Waals surface area contributed by atoms with Crippen LogP contribution in [0.15, 0.2) is 66.7 Å². The summed E-state index contributed by atoms with van der Waals surface area (Å²) < 4.78 is 18.2. The van der Waals surface area contributed by atoms with Crippen molar-refractivity contribution >= 4 is 23.2 Å². The summed E-state index contributed by atoms with van der Waals surface area (Å²) in [6, 6.07) is 16.0. The fourth-order valence-electron chi connectivity index (χ4n) is 2.93. The smallest absolute Gasteiger partial charge is 0.311 e. The topological polar surface area (TPSA) is 111 Å². The highest BCUT2D eigenvalue weighted by atomic mass is 19.1. The van der Waals surface area contributed by atoms with Crippen molar-refractivity contribution in [2.45, 2.75) is 13.5 Å². The Morgan fingerprint density at radius 2 is 1.72 bits per heavy atom. The molecule has 3 aromatic rings. The number of ether oxygens (including phenoxy) is 1. The van der Waals surface area contributed by atoms with Crippen LogP contribution >= 0.6 is 0 Å². The number of nitro benzene ring substituents is 1. The minimum atomic E-state index is -0.602. The van der Waals surface area contributed by atoms with Gasteiger partial charge in [0.1, 0.15) is 5.82 Å². The quantitative estimate of drug-likeness (QED) is 0.403. The van der Waals surface area contributed by atoms with E-state index in [0.717, 1.165) is 0 Å². The van der Waals surface area contributed by atoms with Crippen LogP contribution < -0.4 is 15.4 Å². The normalized spacial score (nSPS) is 10.3. The Labute approximate surface area is 183 Å². The monoisotopic (exact) mass is 437 g/mol. The van der Waals surface area contributed by atoms with Crippen LogP contribution in [0.2, 0.25) is 0 Å². The second-order valence-electron chi connectivity index (χ2n) is 6.72. The molecule has 0 aliphatic carbocycles. The molecule has 2 amide bonds. The summed E-state index contributed by atoms with van der Waals surface area (Å²) in [6.45, 7) is 2.11. The molecule has 0 heterocycles. The molecule has 164 valence electrons. The molecule has 0 aliphatic heterocycles. The maximum absolute atomic E-state index is 13.0. The van der Waals surface area contributed by atoms with Gasteiger partial charge in [-0.2, -0.15) is 0 Å². The largest absolute Gasteiger partial charge is 0.487 e. The molecular weight excluding hydrogens is 417 g/mol. The first-order chi connectivity index (χ1) is 15.4. The average Bonchev–Trinajstić information content (AvgIpc) is 2.78. The lowest BCUT2D eigenvalue weighted by Gasteiger charge is -2.10. The van der Waals surface area contributed by atoms with Crippen molar-refractivity contribution in [3.8, 4) is 5.75 Å². The van der Waals surface area contributed by atoms with E-state index in [1.807, 2.05) is 0 Å². The molecule has 3 aromatic carbocycles. The molecule has 32 heavy (non-hydrogen) atoms. The molecule has 0 aliphatic rings. The lowest BCUT2D eigenvalue weighted by Crippen LogP contribution is -2.23. The van der Waals surface area contributed by atoms with Gasteiger partial charge in [-0.25, -0.2) is 4.39 Å². The van der Waals surface area contributed by atoms with Gasteiger partial charge in [-0.05, 0) is 61.0 Å². The minimum absolute atomic E-state index is 0.0960. The lowest BCUT2D eigenvalue weighted by molar-refractivity contribution is -0.385. The zero-order valence-corrected chi connectivity index (χ0v) is 17.1. The van der Waals surface area contributed by atoms with Gasteiger partial charge in [0, 0.05) is 29.4 Å². The molecule has 9 heteroatoms. The van der Waals surface area contributed by atoms with Gasteiger partial charge in [0.05, 0.1) is 11.5 Å². The average molecular weight is 437 g/mol. The van der Waals surface area contributed by atoms with Gasteiger partial charge in [-0.15, -0.1) is 0 Å². The Balaban J connectivity index is 1.65. The molecule has 0 saturated carbocycles. The van der Waals surface area contributed by atoms with E-state index in [9.17, 15) is 24.1 Å². The van der Waals surface area contributed by atoms with E-state index in [2.05, 4.69) is 10.6 Å². The number of carbonyl (C=O) groups is 2. The van der Waals surface area contributed by atoms with Gasteiger partial charge in [0.25, 0.3) is 11.8 Å². The molecule has 0 atom stereocenters. The van der Waals surface area contributed by atoms with Crippen molar-refractivity contribution in [2.24, 2.45) is 0 Å². The first kappa shape index (κ1) is 22.4. The second-order valence-corrected chi connectivity index (χ2v) is 6.72. The standard InChI is InChI=1S/C23H20FN3O5/c1-2-32-21-11-8-17(13-20(21)27(30)31)22(28)25-14-15-4-3-5-19(12-15)26-23(29)16-6-9-18(24)10-7-16/h3-13H,2,14H2,1H3,(H,25,28)(H,26,29). The van der Waals surface area contributed by atoms with Crippen LogP contribution in [0.3, 0.4) is 0 Å². The van der Waals surface area contributed by atoms with Crippen molar-refractivity contribution in [3.05, 3.63) is 99.4 Å². The Bertz CT molecular complexity index is 1150. The number of hydrogen-bond donors (Lipinski definition) is 2. The van der Waals surface area contributed by atoms with E-state index in [4.69, 9.17) is 4.74 Å². The van der Waals surface area contributed by atoms with Crippen LogP contribution in [0.4, 0.5) is 15.8 Å². The predicted octanol–water partition coefficient (Wildman–Crippen LogP) is 4.31. The van der Waals surface area contributed by atoms with Crippen molar-refractivity contribution in [1.82, 2.24) is 5.32 Å². The summed E-state index contributed by atoms with van der Waals surface area (Å²) in [5.41, 5.74) is 1.35. The molecule has 0 fully saturated rings. The van der Waals surface area contributed by atoms with Gasteiger partial charge in [-0.3, -0.25) is 19.7 Å². The van der Waals surface area contributed by atoms with Crippen LogP contribution in [0, 0.1) is 15.9 Å². The minimum Gasteiger partial charge on any atom is -0.487 e. The van der Waals surface area contributed by atoms with Crippen LogP contribution in [0.25, 0.3) is 0 Å². The summed E-state index contributed by atoms with van der Waals surface area (Å²) in [5.74, 6) is -1.22. The Morgan fingerprint density at radius 1 is 1.00 bits per heavy atom. The van der Waals surface area contributed by atoms with Crippen LogP contribution in [-0.2, 0) is 6.54 Å². The highest BCUT2D eigenvalue weighted by molar-refractivity contribution is 6.04. The van der Waals surface area contributed by atoms with E-state index in [1.54, 1.807) is 31.2 Å². The molecule has 0 aromatic heterocycles. The van der Waals surface area contributed by atoms with E-state index < -0.39 is 22.6 Å². The molecule has 0 radical (unpaired) electrons. The summed E-state index contributed by atoms with van der Waals surface area (Å²) in [5, 5.41) is 16.6. The van der Waals surface area contributed by atoms with Crippen molar-refractivity contribution in [3.63, 3.8) is 0 Å². The summed E-state index contributed by atoms with van der Waals surface area (Å²) in [6.07, 6.45) is 0. The third-order valence-electron chi connectivity index (χ3n) is 4.46. The van der Waals surface area contributed by atoms with Gasteiger partial charge in [0.2, 0.25) is 0 Å². The maximum Gasteiger partial charge on any atom is 0.311 e. The number of amides is 2. The van der Waals surface area contributed by atoms with Gasteiger partial charge < -0.3 is 15.4 Å². The van der Waals surface area contributed by atoms with Gasteiger partial charge in [-0.1, -0.05) is 12.1 Å². The zero-order chi connectivity index (χ0) is 23.1. The number of nitrogens with one attached hydrogen (secondary N) is 2. The Kier molecular flexibility index (Phi) is 7.12.